The molecule has 8 heteroatoms. The molecule has 1 aliphatic rings. The number of benzene rings is 2. The van der Waals surface area contributed by atoms with Gasteiger partial charge < -0.3 is 9.67 Å². The summed E-state index contributed by atoms with van der Waals surface area (Å²) in [7, 11) is 0. The molecule has 5 rings (SSSR count). The van der Waals surface area contributed by atoms with Crippen LogP contribution in [0.5, 0.6) is 5.75 Å². The fraction of sp³-hybridized carbons (Fsp3) is 0.208. The van der Waals surface area contributed by atoms with Crippen LogP contribution in [0.15, 0.2) is 65.7 Å². The first-order chi connectivity index (χ1) is 15.5. The minimum absolute atomic E-state index is 0.239. The molecule has 0 unspecified atom stereocenters. The molecule has 1 atom stereocenters. The van der Waals surface area contributed by atoms with Gasteiger partial charge in [0.05, 0.1) is 12.2 Å². The Morgan fingerprint density at radius 2 is 1.62 bits per heavy atom. The van der Waals surface area contributed by atoms with Crippen LogP contribution in [0.4, 0.5) is 8.78 Å². The lowest BCUT2D eigenvalue weighted by Crippen LogP contribution is -2.33. The largest absolute Gasteiger partial charge is 0.503 e. The Balaban J connectivity index is 1.76. The zero-order valence-corrected chi connectivity index (χ0v) is 17.2. The molecule has 1 N–H and O–H groups in total. The van der Waals surface area contributed by atoms with Crippen molar-refractivity contribution in [1.82, 2.24) is 19.3 Å². The quantitative estimate of drug-likeness (QED) is 0.526. The fourth-order valence-corrected chi connectivity index (χ4v) is 4.49. The van der Waals surface area contributed by atoms with Gasteiger partial charge in [0, 0.05) is 24.4 Å². The third-order valence-corrected chi connectivity index (χ3v) is 6.03. The molecule has 0 bridgehead atoms. The molecule has 1 aliphatic heterocycles. The summed E-state index contributed by atoms with van der Waals surface area (Å²) in [6.45, 7) is 2.46. The van der Waals surface area contributed by atoms with Gasteiger partial charge in [-0.1, -0.05) is 31.2 Å². The van der Waals surface area contributed by atoms with Crippen molar-refractivity contribution in [2.24, 2.45) is 0 Å². The van der Waals surface area contributed by atoms with E-state index in [1.54, 1.807) is 35.1 Å². The topological polar surface area (TPSA) is 72.9 Å². The van der Waals surface area contributed by atoms with Gasteiger partial charge in [0.1, 0.15) is 17.3 Å². The van der Waals surface area contributed by atoms with Crippen LogP contribution in [-0.2, 0) is 13.0 Å². The van der Waals surface area contributed by atoms with Crippen molar-refractivity contribution in [3.05, 3.63) is 99.6 Å². The van der Waals surface area contributed by atoms with E-state index in [1.807, 2.05) is 11.5 Å². The van der Waals surface area contributed by atoms with Gasteiger partial charge in [-0.2, -0.15) is 5.10 Å². The van der Waals surface area contributed by atoms with Crippen LogP contribution < -0.4 is 5.43 Å². The number of halogens is 2. The van der Waals surface area contributed by atoms with E-state index in [0.29, 0.717) is 18.8 Å². The molecule has 0 radical (unpaired) electrons. The Morgan fingerprint density at radius 1 is 1.03 bits per heavy atom. The first-order valence-corrected chi connectivity index (χ1v) is 10.3. The van der Waals surface area contributed by atoms with Crippen LogP contribution in [0.3, 0.4) is 0 Å². The van der Waals surface area contributed by atoms with Crippen LogP contribution in [-0.4, -0.2) is 24.4 Å². The second-order valence-electron chi connectivity index (χ2n) is 7.84. The van der Waals surface area contributed by atoms with E-state index in [4.69, 9.17) is 0 Å². The molecule has 0 fully saturated rings. The van der Waals surface area contributed by atoms with Crippen molar-refractivity contribution in [2.75, 3.05) is 0 Å². The predicted molar refractivity (Wildman–Crippen MR) is 114 cm³/mol. The minimum atomic E-state index is -0.593. The van der Waals surface area contributed by atoms with Gasteiger partial charge in [-0.05, 0) is 41.8 Å². The molecule has 2 aromatic carbocycles. The van der Waals surface area contributed by atoms with Crippen molar-refractivity contribution < 1.29 is 13.9 Å². The van der Waals surface area contributed by atoms with Gasteiger partial charge in [0.25, 0.3) is 0 Å². The number of hydrogen-bond acceptors (Lipinski definition) is 4. The van der Waals surface area contributed by atoms with Gasteiger partial charge in [0.15, 0.2) is 11.6 Å². The predicted octanol–water partition coefficient (Wildman–Crippen LogP) is 4.04. The molecule has 0 amide bonds. The van der Waals surface area contributed by atoms with Crippen molar-refractivity contribution in [1.29, 1.82) is 0 Å². The number of rotatable bonds is 4. The van der Waals surface area contributed by atoms with Crippen LogP contribution in [0.1, 0.15) is 35.7 Å². The molecule has 0 aliphatic carbocycles. The maximum atomic E-state index is 13.7. The summed E-state index contributed by atoms with van der Waals surface area (Å²) in [5.74, 6) is -1.03. The number of nitrogens with zero attached hydrogens (tertiary/aromatic N) is 4. The molecule has 0 spiro atoms. The van der Waals surface area contributed by atoms with E-state index in [9.17, 15) is 18.7 Å². The van der Waals surface area contributed by atoms with Crippen molar-refractivity contribution in [3.63, 3.8) is 0 Å². The Hall–Kier alpha value is -3.81. The Kier molecular flexibility index (Phi) is 4.84. The lowest BCUT2D eigenvalue weighted by molar-refractivity contribution is 0.328. The number of aryl methyl sites for hydroxylation is 1. The maximum Gasteiger partial charge on any atom is 0.242 e. The Morgan fingerprint density at radius 3 is 2.19 bits per heavy atom. The van der Waals surface area contributed by atoms with Gasteiger partial charge in [-0.15, -0.1) is 0 Å². The molecule has 0 saturated carbocycles. The molecule has 2 aromatic heterocycles. The van der Waals surface area contributed by atoms with Gasteiger partial charge in [0.2, 0.25) is 5.43 Å². The van der Waals surface area contributed by atoms with Gasteiger partial charge in [-0.3, -0.25) is 9.48 Å². The minimum Gasteiger partial charge on any atom is -0.503 e. The highest BCUT2D eigenvalue weighted by molar-refractivity contribution is 5.61. The lowest BCUT2D eigenvalue weighted by atomic mass is 9.84. The smallest absolute Gasteiger partial charge is 0.242 e. The molecular weight excluding hydrogens is 414 g/mol. The molecule has 3 heterocycles. The van der Waals surface area contributed by atoms with Crippen molar-refractivity contribution in [3.8, 4) is 17.3 Å². The Bertz CT molecular complexity index is 1300. The first kappa shape index (κ1) is 20.1. The monoisotopic (exact) mass is 434 g/mol. The van der Waals surface area contributed by atoms with E-state index in [-0.39, 0.29) is 29.3 Å². The van der Waals surface area contributed by atoms with Crippen molar-refractivity contribution in [2.45, 2.75) is 31.8 Å². The average molecular weight is 434 g/mol. The van der Waals surface area contributed by atoms with Crippen LogP contribution in [0.2, 0.25) is 0 Å². The molecule has 6 nitrogen and oxygen atoms in total. The van der Waals surface area contributed by atoms with Gasteiger partial charge >= 0.3 is 0 Å². The second kappa shape index (κ2) is 7.71. The van der Waals surface area contributed by atoms with Crippen LogP contribution in [0.25, 0.3) is 11.5 Å². The van der Waals surface area contributed by atoms with E-state index in [1.165, 1.54) is 24.3 Å². The van der Waals surface area contributed by atoms with E-state index < -0.39 is 11.2 Å². The molecule has 4 aromatic rings. The van der Waals surface area contributed by atoms with Gasteiger partial charge in [-0.25, -0.2) is 13.8 Å². The number of hydrogen-bond donors (Lipinski definition) is 1. The normalized spacial score (nSPS) is 14.9. The van der Waals surface area contributed by atoms with Crippen molar-refractivity contribution >= 4 is 0 Å². The summed E-state index contributed by atoms with van der Waals surface area (Å²) in [5, 5.41) is 15.0. The zero-order valence-electron chi connectivity index (χ0n) is 17.2. The maximum absolute atomic E-state index is 13.7. The van der Waals surface area contributed by atoms with E-state index in [0.717, 1.165) is 23.0 Å². The average Bonchev–Trinajstić information content (AvgIpc) is 3.21. The summed E-state index contributed by atoms with van der Waals surface area (Å²) >= 11 is 0. The zero-order chi connectivity index (χ0) is 22.4. The summed E-state index contributed by atoms with van der Waals surface area (Å²) in [5.41, 5.74) is 2.20. The molecule has 32 heavy (non-hydrogen) atoms. The third-order valence-electron chi connectivity index (χ3n) is 6.03. The SMILES string of the molecule is CCc1cnc2n1C[C@H](C(c1ccc(F)cc1)c1ccc(F)cc1)n1ncc(=O)c(O)c1-2. The van der Waals surface area contributed by atoms with E-state index in [2.05, 4.69) is 10.1 Å². The highest BCUT2D eigenvalue weighted by atomic mass is 19.1. The van der Waals surface area contributed by atoms with E-state index >= 15 is 0 Å². The number of imidazole rings is 1. The third kappa shape index (κ3) is 3.19. The Labute approximate surface area is 182 Å². The number of fused-ring (bicyclic) bond motifs is 3. The summed E-state index contributed by atoms with van der Waals surface area (Å²) in [4.78, 5) is 16.7. The van der Waals surface area contributed by atoms with Crippen LogP contribution in [0, 0.1) is 11.6 Å². The molecule has 162 valence electrons. The summed E-state index contributed by atoms with van der Waals surface area (Å²) in [6.07, 6.45) is 3.52. The number of aromatic hydroxyl groups is 1. The second-order valence-corrected chi connectivity index (χ2v) is 7.84. The molecular formula is C24H20F2N4O2. The summed E-state index contributed by atoms with van der Waals surface area (Å²) in [6, 6.07) is 11.9. The summed E-state index contributed by atoms with van der Waals surface area (Å²) < 4.78 is 31.0. The fourth-order valence-electron chi connectivity index (χ4n) is 4.49. The lowest BCUT2D eigenvalue weighted by Gasteiger charge is -2.35. The van der Waals surface area contributed by atoms with Crippen LogP contribution >= 0.6 is 0 Å². The standard InChI is InChI=1S/C24H20F2N4O2/c1-2-18-11-27-24-22-23(32)20(31)12-28-30(22)19(13-29(18)24)21(14-3-7-16(25)8-4-14)15-5-9-17(26)10-6-15/h3-12,19,21,32H,2,13H2,1H3/t19-/m1/s1. The first-order valence-electron chi connectivity index (χ1n) is 10.3. The highest BCUT2D eigenvalue weighted by Crippen LogP contribution is 2.43. The highest BCUT2D eigenvalue weighted by Gasteiger charge is 2.36. The number of aromatic nitrogens is 4. The molecule has 0 saturated heterocycles.